The molecule has 2 heterocycles. The zero-order valence-electron chi connectivity index (χ0n) is 12.8. The first-order valence-electron chi connectivity index (χ1n) is 7.57. The minimum atomic E-state index is -0.935. The van der Waals surface area contributed by atoms with Crippen molar-refractivity contribution in [3.63, 3.8) is 0 Å². The molecule has 1 saturated heterocycles. The monoisotopic (exact) mass is 314 g/mol. The van der Waals surface area contributed by atoms with Gasteiger partial charge in [0.2, 0.25) is 0 Å². The molecule has 0 spiro atoms. The highest BCUT2D eigenvalue weighted by molar-refractivity contribution is 5.98. The number of amides is 1. The molecule has 1 aromatic carbocycles. The Hall–Kier alpha value is -2.70. The molecule has 1 atom stereocenters. The maximum atomic E-state index is 12.8. The van der Waals surface area contributed by atoms with Crippen LogP contribution in [0.3, 0.4) is 0 Å². The van der Waals surface area contributed by atoms with Crippen molar-refractivity contribution in [1.29, 1.82) is 0 Å². The topological polar surface area (TPSA) is 88.3 Å². The van der Waals surface area contributed by atoms with Crippen molar-refractivity contribution in [2.24, 2.45) is 0 Å². The van der Waals surface area contributed by atoms with Crippen LogP contribution < -0.4 is 0 Å². The Labute approximate surface area is 133 Å². The van der Waals surface area contributed by atoms with Gasteiger partial charge in [0.05, 0.1) is 5.69 Å². The summed E-state index contributed by atoms with van der Waals surface area (Å²) < 4.78 is 1.61. The average molecular weight is 314 g/mol. The normalized spacial score (nSPS) is 18.0. The molecular formula is C16H18N4O3. The highest BCUT2D eigenvalue weighted by atomic mass is 16.4. The van der Waals surface area contributed by atoms with Gasteiger partial charge in [-0.25, -0.2) is 14.5 Å². The number of aryl methyl sites for hydroxylation is 1. The van der Waals surface area contributed by atoms with Crippen LogP contribution in [0, 0.1) is 6.92 Å². The Morgan fingerprint density at radius 1 is 1.30 bits per heavy atom. The number of carbonyl (C=O) groups excluding carboxylic acids is 1. The molecule has 1 unspecified atom stereocenters. The van der Waals surface area contributed by atoms with E-state index in [-0.39, 0.29) is 5.91 Å². The van der Waals surface area contributed by atoms with Crippen LogP contribution in [0.25, 0.3) is 5.69 Å². The molecule has 120 valence electrons. The third-order valence-corrected chi connectivity index (χ3v) is 4.17. The lowest BCUT2D eigenvalue weighted by atomic mass is 9.99. The fraction of sp³-hybridized carbons (Fsp3) is 0.375. The summed E-state index contributed by atoms with van der Waals surface area (Å²) in [4.78, 5) is 29.5. The largest absolute Gasteiger partial charge is 0.480 e. The summed E-state index contributed by atoms with van der Waals surface area (Å²) >= 11 is 0. The predicted molar refractivity (Wildman–Crippen MR) is 82.4 cm³/mol. The van der Waals surface area contributed by atoms with Crippen molar-refractivity contribution in [2.75, 3.05) is 6.54 Å². The van der Waals surface area contributed by atoms with Crippen molar-refractivity contribution in [3.05, 3.63) is 42.0 Å². The van der Waals surface area contributed by atoms with Gasteiger partial charge in [0.25, 0.3) is 5.91 Å². The van der Waals surface area contributed by atoms with Crippen molar-refractivity contribution in [1.82, 2.24) is 19.7 Å². The van der Waals surface area contributed by atoms with Crippen LogP contribution in [-0.4, -0.2) is 49.2 Å². The molecule has 1 aliphatic rings. The Morgan fingerprint density at radius 3 is 2.78 bits per heavy atom. The molecule has 1 aliphatic heterocycles. The Balaban J connectivity index is 1.88. The van der Waals surface area contributed by atoms with E-state index < -0.39 is 12.0 Å². The summed E-state index contributed by atoms with van der Waals surface area (Å²) in [5, 5.41) is 13.4. The number of likely N-dealkylation sites (tertiary alicyclic amines) is 1. The fourth-order valence-corrected chi connectivity index (χ4v) is 2.96. The summed E-state index contributed by atoms with van der Waals surface area (Å²) in [6.07, 6.45) is 5.22. The highest BCUT2D eigenvalue weighted by Crippen LogP contribution is 2.22. The van der Waals surface area contributed by atoms with Gasteiger partial charge in [-0.1, -0.05) is 0 Å². The van der Waals surface area contributed by atoms with Gasteiger partial charge in [-0.3, -0.25) is 4.79 Å². The Morgan fingerprint density at radius 2 is 2.13 bits per heavy atom. The van der Waals surface area contributed by atoms with Crippen LogP contribution in [0.15, 0.2) is 30.9 Å². The third kappa shape index (κ3) is 2.94. The second-order valence-corrected chi connectivity index (χ2v) is 5.69. The van der Waals surface area contributed by atoms with E-state index in [2.05, 4.69) is 10.1 Å². The molecule has 0 aliphatic carbocycles. The van der Waals surface area contributed by atoms with E-state index in [0.717, 1.165) is 24.1 Å². The van der Waals surface area contributed by atoms with Gasteiger partial charge in [-0.05, 0) is 49.9 Å². The van der Waals surface area contributed by atoms with Crippen LogP contribution in [0.1, 0.15) is 35.2 Å². The maximum absolute atomic E-state index is 12.8. The SMILES string of the molecule is Cc1cc(-n2cncn2)ccc1C(=O)N1CCCCC1C(=O)O. The van der Waals surface area contributed by atoms with Gasteiger partial charge in [-0.2, -0.15) is 5.10 Å². The summed E-state index contributed by atoms with van der Waals surface area (Å²) in [7, 11) is 0. The third-order valence-electron chi connectivity index (χ3n) is 4.17. The van der Waals surface area contributed by atoms with E-state index in [1.54, 1.807) is 23.1 Å². The summed E-state index contributed by atoms with van der Waals surface area (Å²) in [5.74, 6) is -1.16. The molecule has 1 amide bonds. The smallest absolute Gasteiger partial charge is 0.326 e. The standard InChI is InChI=1S/C16H18N4O3/c1-11-8-12(20-10-17-9-18-20)5-6-13(11)15(21)19-7-3-2-4-14(19)16(22)23/h5-6,8-10,14H,2-4,7H2,1H3,(H,22,23). The molecule has 0 bridgehead atoms. The fourth-order valence-electron chi connectivity index (χ4n) is 2.96. The summed E-state index contributed by atoms with van der Waals surface area (Å²) in [5.41, 5.74) is 2.13. The van der Waals surface area contributed by atoms with Crippen molar-refractivity contribution >= 4 is 11.9 Å². The molecule has 0 radical (unpaired) electrons. The number of rotatable bonds is 3. The van der Waals surface area contributed by atoms with Gasteiger partial charge < -0.3 is 10.0 Å². The van der Waals surface area contributed by atoms with Crippen LogP contribution >= 0.6 is 0 Å². The number of nitrogens with zero attached hydrogens (tertiary/aromatic N) is 4. The molecule has 23 heavy (non-hydrogen) atoms. The number of benzene rings is 1. The second-order valence-electron chi connectivity index (χ2n) is 5.69. The number of carboxylic acid groups (broad SMARTS) is 1. The maximum Gasteiger partial charge on any atom is 0.326 e. The summed E-state index contributed by atoms with van der Waals surface area (Å²) in [6, 6.07) is 4.63. The van der Waals surface area contributed by atoms with Crippen LogP contribution in [-0.2, 0) is 4.79 Å². The number of aliphatic carboxylic acids is 1. The lowest BCUT2D eigenvalue weighted by molar-refractivity contribution is -0.143. The van der Waals surface area contributed by atoms with E-state index in [1.807, 2.05) is 13.0 Å². The van der Waals surface area contributed by atoms with E-state index in [0.29, 0.717) is 18.5 Å². The van der Waals surface area contributed by atoms with Gasteiger partial charge in [-0.15, -0.1) is 0 Å². The molecular weight excluding hydrogens is 296 g/mol. The number of carboxylic acids is 1. The zero-order valence-corrected chi connectivity index (χ0v) is 12.8. The number of aromatic nitrogens is 3. The molecule has 7 heteroatoms. The van der Waals surface area contributed by atoms with Crippen LogP contribution in [0.5, 0.6) is 0 Å². The van der Waals surface area contributed by atoms with Gasteiger partial charge in [0, 0.05) is 12.1 Å². The van der Waals surface area contributed by atoms with E-state index >= 15 is 0 Å². The van der Waals surface area contributed by atoms with Crippen LogP contribution in [0.4, 0.5) is 0 Å². The number of hydrogen-bond acceptors (Lipinski definition) is 4. The highest BCUT2D eigenvalue weighted by Gasteiger charge is 2.32. The van der Waals surface area contributed by atoms with Gasteiger partial charge >= 0.3 is 5.97 Å². The lowest BCUT2D eigenvalue weighted by Crippen LogP contribution is -2.48. The minimum Gasteiger partial charge on any atom is -0.480 e. The Kier molecular flexibility index (Phi) is 4.10. The predicted octanol–water partition coefficient (Wildman–Crippen LogP) is 1.66. The van der Waals surface area contributed by atoms with Crippen molar-refractivity contribution < 1.29 is 14.7 Å². The van der Waals surface area contributed by atoms with E-state index in [9.17, 15) is 14.7 Å². The molecule has 1 N–H and O–H groups in total. The minimum absolute atomic E-state index is 0.222. The van der Waals surface area contributed by atoms with Gasteiger partial charge in [0.15, 0.2) is 0 Å². The quantitative estimate of drug-likeness (QED) is 0.930. The summed E-state index contributed by atoms with van der Waals surface area (Å²) in [6.45, 7) is 2.33. The number of piperidine rings is 1. The molecule has 7 nitrogen and oxygen atoms in total. The first-order chi connectivity index (χ1) is 11.1. The molecule has 1 aromatic heterocycles. The van der Waals surface area contributed by atoms with Gasteiger partial charge in [0.1, 0.15) is 18.7 Å². The van der Waals surface area contributed by atoms with Crippen molar-refractivity contribution in [2.45, 2.75) is 32.2 Å². The molecule has 2 aromatic rings. The van der Waals surface area contributed by atoms with E-state index in [4.69, 9.17) is 0 Å². The number of carbonyl (C=O) groups is 2. The molecule has 3 rings (SSSR count). The van der Waals surface area contributed by atoms with Crippen molar-refractivity contribution in [3.8, 4) is 5.69 Å². The van der Waals surface area contributed by atoms with Crippen LogP contribution in [0.2, 0.25) is 0 Å². The lowest BCUT2D eigenvalue weighted by Gasteiger charge is -2.33. The average Bonchev–Trinajstić information content (AvgIpc) is 3.08. The van der Waals surface area contributed by atoms with E-state index in [1.165, 1.54) is 11.2 Å². The first kappa shape index (κ1) is 15.2. The Bertz CT molecular complexity index is 727. The molecule has 0 saturated carbocycles. The number of hydrogen-bond donors (Lipinski definition) is 1. The zero-order chi connectivity index (χ0) is 16.4. The molecule has 1 fully saturated rings. The first-order valence-corrected chi connectivity index (χ1v) is 7.57. The second kappa shape index (κ2) is 6.20.